The molecular weight excluding hydrogens is 344 g/mol. The summed E-state index contributed by atoms with van der Waals surface area (Å²) in [5, 5.41) is 2.76. The molecule has 1 aromatic carbocycles. The zero-order valence-electron chi connectivity index (χ0n) is 15.3. The number of pyridine rings is 1. The minimum Gasteiger partial charge on any atom is -0.459 e. The van der Waals surface area contributed by atoms with E-state index in [-0.39, 0.29) is 18.2 Å². The number of benzene rings is 1. The summed E-state index contributed by atoms with van der Waals surface area (Å²) in [4.78, 5) is 36.4. The maximum absolute atomic E-state index is 12.6. The van der Waals surface area contributed by atoms with E-state index >= 15 is 0 Å². The van der Waals surface area contributed by atoms with Crippen molar-refractivity contribution in [3.8, 4) is 0 Å². The predicted molar refractivity (Wildman–Crippen MR) is 101 cm³/mol. The lowest BCUT2D eigenvalue weighted by Crippen LogP contribution is -2.46. The Morgan fingerprint density at radius 2 is 2.00 bits per heavy atom. The molecule has 2 aromatic heterocycles. The summed E-state index contributed by atoms with van der Waals surface area (Å²) >= 11 is 0. The lowest BCUT2D eigenvalue weighted by Gasteiger charge is -2.22. The zero-order chi connectivity index (χ0) is 19.2. The van der Waals surface area contributed by atoms with Crippen LogP contribution in [-0.2, 0) is 16.1 Å². The molecule has 3 rings (SSSR count). The molecule has 2 N–H and O–H groups in total. The third kappa shape index (κ3) is 4.49. The molecule has 0 saturated carbocycles. The van der Waals surface area contributed by atoms with Crippen molar-refractivity contribution in [2.45, 2.75) is 32.9 Å². The van der Waals surface area contributed by atoms with E-state index in [9.17, 15) is 9.59 Å². The highest BCUT2D eigenvalue weighted by molar-refractivity contribution is 5.97. The molecule has 0 radical (unpaired) electrons. The number of carbonyl (C=O) groups excluding carboxylic acids is 2. The molecule has 0 aliphatic rings. The Kier molecular flexibility index (Phi) is 5.80. The van der Waals surface area contributed by atoms with E-state index in [0.29, 0.717) is 5.52 Å². The van der Waals surface area contributed by atoms with Gasteiger partial charge in [0.25, 0.3) is 5.91 Å². The lowest BCUT2D eigenvalue weighted by molar-refractivity contribution is -0.148. The average molecular weight is 366 g/mol. The second-order valence-corrected chi connectivity index (χ2v) is 6.42. The molecule has 2 heterocycles. The molecule has 27 heavy (non-hydrogen) atoms. The summed E-state index contributed by atoms with van der Waals surface area (Å²) in [6.07, 6.45) is 3.80. The van der Waals surface area contributed by atoms with E-state index in [1.54, 1.807) is 12.3 Å². The second kappa shape index (κ2) is 8.44. The van der Waals surface area contributed by atoms with Gasteiger partial charge >= 0.3 is 5.97 Å². The van der Waals surface area contributed by atoms with Gasteiger partial charge in [-0.2, -0.15) is 0 Å². The number of aromatic nitrogens is 3. The number of rotatable bonds is 7. The van der Waals surface area contributed by atoms with Gasteiger partial charge in [-0.05, 0) is 17.5 Å². The molecule has 7 nitrogen and oxygen atoms in total. The number of H-pyrrole nitrogens is 1. The summed E-state index contributed by atoms with van der Waals surface area (Å²) in [5.74, 6) is -0.962. The highest BCUT2D eigenvalue weighted by Gasteiger charge is 2.28. The maximum Gasteiger partial charge on any atom is 0.329 e. The van der Waals surface area contributed by atoms with Crippen LogP contribution in [0.15, 0.2) is 48.9 Å². The minimum absolute atomic E-state index is 0.0775. The van der Waals surface area contributed by atoms with Crippen molar-refractivity contribution in [1.29, 1.82) is 0 Å². The van der Waals surface area contributed by atoms with Gasteiger partial charge in [0, 0.05) is 0 Å². The van der Waals surface area contributed by atoms with E-state index in [1.165, 1.54) is 6.33 Å². The van der Waals surface area contributed by atoms with E-state index in [4.69, 9.17) is 4.74 Å². The number of fused-ring (bicyclic) bond motifs is 1. The molecule has 0 spiro atoms. The van der Waals surface area contributed by atoms with Gasteiger partial charge < -0.3 is 15.0 Å². The SMILES string of the molecule is CC[C@H](C)[C@H](NC(=O)c1cc2nc[nH]c2cn1)C(=O)OCc1ccccc1. The Bertz CT molecular complexity index is 923. The molecule has 0 bridgehead atoms. The predicted octanol–water partition coefficient (Wildman–Crippen LogP) is 2.85. The Hall–Kier alpha value is -3.22. The third-order valence-corrected chi connectivity index (χ3v) is 4.52. The molecule has 0 fully saturated rings. The van der Waals surface area contributed by atoms with Crippen LogP contribution in [0.3, 0.4) is 0 Å². The first-order valence-electron chi connectivity index (χ1n) is 8.89. The fraction of sp³-hybridized carbons (Fsp3) is 0.300. The summed E-state index contributed by atoms with van der Waals surface area (Å²) in [6.45, 7) is 4.03. The Morgan fingerprint density at radius 3 is 2.74 bits per heavy atom. The number of imidazole rings is 1. The highest BCUT2D eigenvalue weighted by atomic mass is 16.5. The lowest BCUT2D eigenvalue weighted by atomic mass is 9.99. The molecule has 0 aliphatic carbocycles. The van der Waals surface area contributed by atoms with Crippen molar-refractivity contribution in [2.75, 3.05) is 0 Å². The Labute approximate surface area is 157 Å². The molecule has 2 atom stereocenters. The van der Waals surface area contributed by atoms with Gasteiger partial charge in [-0.1, -0.05) is 50.6 Å². The summed E-state index contributed by atoms with van der Waals surface area (Å²) in [6, 6.07) is 10.3. The van der Waals surface area contributed by atoms with Crippen molar-refractivity contribution in [3.05, 3.63) is 60.2 Å². The summed E-state index contributed by atoms with van der Waals surface area (Å²) in [5.41, 5.74) is 2.48. The molecule has 0 unspecified atom stereocenters. The van der Waals surface area contributed by atoms with Crippen LogP contribution in [0.4, 0.5) is 0 Å². The van der Waals surface area contributed by atoms with Crippen LogP contribution in [0.2, 0.25) is 0 Å². The van der Waals surface area contributed by atoms with Gasteiger partial charge in [-0.3, -0.25) is 4.79 Å². The smallest absolute Gasteiger partial charge is 0.329 e. The van der Waals surface area contributed by atoms with Crippen LogP contribution in [0.1, 0.15) is 36.3 Å². The normalized spacial score (nSPS) is 13.1. The van der Waals surface area contributed by atoms with E-state index in [1.807, 2.05) is 44.2 Å². The molecule has 0 aliphatic heterocycles. The van der Waals surface area contributed by atoms with Crippen LogP contribution < -0.4 is 5.32 Å². The quantitative estimate of drug-likeness (QED) is 0.627. The van der Waals surface area contributed by atoms with Gasteiger partial charge in [0.05, 0.1) is 23.6 Å². The van der Waals surface area contributed by atoms with Gasteiger partial charge in [-0.25, -0.2) is 14.8 Å². The molecule has 7 heteroatoms. The minimum atomic E-state index is -0.747. The van der Waals surface area contributed by atoms with Crippen LogP contribution >= 0.6 is 0 Å². The fourth-order valence-electron chi connectivity index (χ4n) is 2.66. The van der Waals surface area contributed by atoms with Crippen molar-refractivity contribution >= 4 is 22.9 Å². The van der Waals surface area contributed by atoms with Crippen LogP contribution in [0, 0.1) is 5.92 Å². The van der Waals surface area contributed by atoms with Crippen molar-refractivity contribution in [3.63, 3.8) is 0 Å². The molecule has 1 amide bonds. The molecule has 140 valence electrons. The number of hydrogen-bond acceptors (Lipinski definition) is 5. The van der Waals surface area contributed by atoms with Gasteiger partial charge in [0.1, 0.15) is 18.3 Å². The molecule has 0 saturated heterocycles. The summed E-state index contributed by atoms with van der Waals surface area (Å²) in [7, 11) is 0. The summed E-state index contributed by atoms with van der Waals surface area (Å²) < 4.78 is 5.42. The Morgan fingerprint density at radius 1 is 1.22 bits per heavy atom. The first-order valence-corrected chi connectivity index (χ1v) is 8.89. The first-order chi connectivity index (χ1) is 13.1. The standard InChI is InChI=1S/C20H22N4O3/c1-3-13(2)18(20(26)27-11-14-7-5-4-6-8-14)24-19(25)16-9-15-17(10-21-16)23-12-22-15/h4-10,12-13,18H,3,11H2,1-2H3,(H,22,23)(H,24,25)/t13-,18-/m0/s1. The molecular formula is C20H22N4O3. The number of ether oxygens (including phenoxy) is 1. The first kappa shape index (κ1) is 18.6. The third-order valence-electron chi connectivity index (χ3n) is 4.52. The van der Waals surface area contributed by atoms with Gasteiger partial charge in [0.2, 0.25) is 0 Å². The van der Waals surface area contributed by atoms with E-state index in [0.717, 1.165) is 17.5 Å². The van der Waals surface area contributed by atoms with E-state index in [2.05, 4.69) is 20.3 Å². The number of carbonyl (C=O) groups is 2. The number of esters is 1. The van der Waals surface area contributed by atoms with Crippen molar-refractivity contribution in [1.82, 2.24) is 20.3 Å². The van der Waals surface area contributed by atoms with Gasteiger partial charge in [-0.15, -0.1) is 0 Å². The van der Waals surface area contributed by atoms with Gasteiger partial charge in [0.15, 0.2) is 0 Å². The van der Waals surface area contributed by atoms with Crippen molar-refractivity contribution in [2.24, 2.45) is 5.92 Å². The number of nitrogens with zero attached hydrogens (tertiary/aromatic N) is 2. The Balaban J connectivity index is 1.69. The van der Waals surface area contributed by atoms with Crippen molar-refractivity contribution < 1.29 is 14.3 Å². The topological polar surface area (TPSA) is 97.0 Å². The van der Waals surface area contributed by atoms with Crippen LogP contribution in [0.5, 0.6) is 0 Å². The fourth-order valence-corrected chi connectivity index (χ4v) is 2.66. The highest BCUT2D eigenvalue weighted by Crippen LogP contribution is 2.13. The average Bonchev–Trinajstić information content (AvgIpc) is 3.18. The number of nitrogens with one attached hydrogen (secondary N) is 2. The van der Waals surface area contributed by atoms with Crippen LogP contribution in [0.25, 0.3) is 11.0 Å². The van der Waals surface area contributed by atoms with Crippen LogP contribution in [-0.4, -0.2) is 32.9 Å². The maximum atomic E-state index is 12.6. The number of hydrogen-bond donors (Lipinski definition) is 2. The number of amides is 1. The monoisotopic (exact) mass is 366 g/mol. The number of aromatic amines is 1. The largest absolute Gasteiger partial charge is 0.459 e. The second-order valence-electron chi connectivity index (χ2n) is 6.42. The van der Waals surface area contributed by atoms with E-state index < -0.39 is 17.9 Å². The molecule has 3 aromatic rings. The zero-order valence-corrected chi connectivity index (χ0v) is 15.3.